The van der Waals surface area contributed by atoms with Gasteiger partial charge < -0.3 is 10.4 Å². The van der Waals surface area contributed by atoms with Crippen molar-refractivity contribution in [1.29, 1.82) is 0 Å². The third-order valence-corrected chi connectivity index (χ3v) is 2.99. The molecule has 0 unspecified atom stereocenters. The molecule has 0 saturated carbocycles. The van der Waals surface area contributed by atoms with Crippen molar-refractivity contribution in [3.63, 3.8) is 0 Å². The molecule has 1 saturated heterocycles. The minimum Gasteiger partial charge on any atom is -0.396 e. The maximum Gasteiger partial charge on any atom is 0.238 e. The van der Waals surface area contributed by atoms with Crippen molar-refractivity contribution in [2.24, 2.45) is 5.92 Å². The molecule has 17 heavy (non-hydrogen) atoms. The molecule has 1 amide bonds. The summed E-state index contributed by atoms with van der Waals surface area (Å²) in [5.74, 6) is 0.195. The van der Waals surface area contributed by atoms with Crippen LogP contribution in [-0.4, -0.2) is 47.1 Å². The van der Waals surface area contributed by atoms with Crippen LogP contribution in [0.2, 0.25) is 5.15 Å². The molecule has 6 heteroatoms. The third-order valence-electron chi connectivity index (χ3n) is 2.69. The molecule has 2 N–H and O–H groups in total. The molecular formula is C11H14ClN3O2. The molecule has 5 nitrogen and oxygen atoms in total. The first-order chi connectivity index (χ1) is 8.19. The van der Waals surface area contributed by atoms with Crippen molar-refractivity contribution in [2.45, 2.75) is 0 Å². The predicted octanol–water partition coefficient (Wildman–Crippen LogP) is 0.598. The number of nitrogens with zero attached hydrogens (tertiary/aromatic N) is 2. The number of aliphatic hydroxyl groups is 1. The van der Waals surface area contributed by atoms with Gasteiger partial charge in [0, 0.05) is 31.8 Å². The standard InChI is InChI=1S/C11H14ClN3O2/c12-11-9(2-1-3-13-11)14-10(17)6-15-4-8(5-15)7-16/h1-3,8,16H,4-7H2,(H,14,17). The third kappa shape index (κ3) is 3.15. The van der Waals surface area contributed by atoms with Gasteiger partial charge in [-0.25, -0.2) is 4.98 Å². The zero-order valence-electron chi connectivity index (χ0n) is 9.27. The molecule has 0 bridgehead atoms. The number of pyridine rings is 1. The number of rotatable bonds is 4. The van der Waals surface area contributed by atoms with Gasteiger partial charge in [-0.15, -0.1) is 0 Å². The average Bonchev–Trinajstić information content (AvgIpc) is 2.26. The van der Waals surface area contributed by atoms with Gasteiger partial charge in [-0.2, -0.15) is 0 Å². The molecule has 92 valence electrons. The van der Waals surface area contributed by atoms with Crippen LogP contribution in [0.1, 0.15) is 0 Å². The fourth-order valence-corrected chi connectivity index (χ4v) is 1.96. The van der Waals surface area contributed by atoms with Crippen molar-refractivity contribution in [1.82, 2.24) is 9.88 Å². The molecule has 1 aromatic heterocycles. The van der Waals surface area contributed by atoms with E-state index in [1.807, 2.05) is 4.90 Å². The molecule has 0 atom stereocenters. The molecule has 1 fully saturated rings. The van der Waals surface area contributed by atoms with E-state index in [1.165, 1.54) is 0 Å². The minimum absolute atomic E-state index is 0.115. The van der Waals surface area contributed by atoms with Crippen molar-refractivity contribution < 1.29 is 9.90 Å². The van der Waals surface area contributed by atoms with E-state index in [4.69, 9.17) is 16.7 Å². The molecule has 0 radical (unpaired) electrons. The highest BCUT2D eigenvalue weighted by Gasteiger charge is 2.27. The Balaban J connectivity index is 1.80. The Morgan fingerprint density at radius 3 is 3.06 bits per heavy atom. The fraction of sp³-hybridized carbons (Fsp3) is 0.455. The predicted molar refractivity (Wildman–Crippen MR) is 64.9 cm³/mol. The summed E-state index contributed by atoms with van der Waals surface area (Å²) in [6.07, 6.45) is 1.57. The van der Waals surface area contributed by atoms with Crippen LogP contribution >= 0.6 is 11.6 Å². The van der Waals surface area contributed by atoms with Gasteiger partial charge in [0.25, 0.3) is 0 Å². The molecule has 0 aromatic carbocycles. The Kier molecular flexibility index (Phi) is 3.93. The Morgan fingerprint density at radius 1 is 1.65 bits per heavy atom. The summed E-state index contributed by atoms with van der Waals surface area (Å²) in [6, 6.07) is 3.42. The molecule has 0 aliphatic carbocycles. The summed E-state index contributed by atoms with van der Waals surface area (Å²) >= 11 is 5.83. The number of carbonyl (C=O) groups is 1. The van der Waals surface area contributed by atoms with Crippen LogP contribution in [-0.2, 0) is 4.79 Å². The quantitative estimate of drug-likeness (QED) is 0.774. The van der Waals surface area contributed by atoms with Crippen LogP contribution in [0.15, 0.2) is 18.3 Å². The number of anilines is 1. The van der Waals surface area contributed by atoms with E-state index in [-0.39, 0.29) is 17.7 Å². The second-order valence-corrected chi connectivity index (χ2v) is 4.49. The maximum atomic E-state index is 11.7. The van der Waals surface area contributed by atoms with E-state index in [2.05, 4.69) is 10.3 Å². The normalized spacial score (nSPS) is 16.6. The molecule has 2 heterocycles. The maximum absolute atomic E-state index is 11.7. The molecular weight excluding hydrogens is 242 g/mol. The lowest BCUT2D eigenvalue weighted by Crippen LogP contribution is -2.51. The first kappa shape index (κ1) is 12.3. The Bertz CT molecular complexity index is 407. The molecule has 1 aromatic rings. The van der Waals surface area contributed by atoms with Crippen LogP contribution in [0.4, 0.5) is 5.69 Å². The van der Waals surface area contributed by atoms with Gasteiger partial charge >= 0.3 is 0 Å². The number of hydrogen-bond donors (Lipinski definition) is 2. The average molecular weight is 256 g/mol. The highest BCUT2D eigenvalue weighted by molar-refractivity contribution is 6.32. The summed E-state index contributed by atoms with van der Waals surface area (Å²) in [6.45, 7) is 2.05. The summed E-state index contributed by atoms with van der Waals surface area (Å²) in [7, 11) is 0. The first-order valence-electron chi connectivity index (χ1n) is 5.42. The van der Waals surface area contributed by atoms with Gasteiger partial charge in [-0.3, -0.25) is 9.69 Å². The van der Waals surface area contributed by atoms with Crippen LogP contribution in [0.25, 0.3) is 0 Å². The van der Waals surface area contributed by atoms with Gasteiger partial charge in [0.15, 0.2) is 5.15 Å². The van der Waals surface area contributed by atoms with Gasteiger partial charge in [-0.1, -0.05) is 11.6 Å². The highest BCUT2D eigenvalue weighted by atomic mass is 35.5. The van der Waals surface area contributed by atoms with Crippen LogP contribution in [0, 0.1) is 5.92 Å². The summed E-state index contributed by atoms with van der Waals surface area (Å²) in [5, 5.41) is 11.9. The number of nitrogens with one attached hydrogen (secondary N) is 1. The highest BCUT2D eigenvalue weighted by Crippen LogP contribution is 2.18. The minimum atomic E-state index is -0.115. The van der Waals surface area contributed by atoms with Gasteiger partial charge in [-0.05, 0) is 12.1 Å². The summed E-state index contributed by atoms with van der Waals surface area (Å²) < 4.78 is 0. The zero-order chi connectivity index (χ0) is 12.3. The second kappa shape index (κ2) is 5.44. The topological polar surface area (TPSA) is 65.5 Å². The number of carbonyl (C=O) groups excluding carboxylic acids is 1. The van der Waals surface area contributed by atoms with E-state index in [0.29, 0.717) is 18.2 Å². The Labute approximate surface area is 104 Å². The van der Waals surface area contributed by atoms with Gasteiger partial charge in [0.1, 0.15) is 0 Å². The number of hydrogen-bond acceptors (Lipinski definition) is 4. The number of halogens is 1. The largest absolute Gasteiger partial charge is 0.396 e. The van der Waals surface area contributed by atoms with Gasteiger partial charge in [0.05, 0.1) is 12.2 Å². The molecule has 1 aliphatic rings. The summed E-state index contributed by atoms with van der Waals surface area (Å²) in [5.41, 5.74) is 0.526. The van der Waals surface area contributed by atoms with E-state index >= 15 is 0 Å². The van der Waals surface area contributed by atoms with Crippen molar-refractivity contribution in [3.05, 3.63) is 23.5 Å². The second-order valence-electron chi connectivity index (χ2n) is 4.13. The number of aromatic nitrogens is 1. The van der Waals surface area contributed by atoms with Crippen molar-refractivity contribution >= 4 is 23.2 Å². The van der Waals surface area contributed by atoms with E-state index in [0.717, 1.165) is 13.1 Å². The Morgan fingerprint density at radius 2 is 2.41 bits per heavy atom. The van der Waals surface area contributed by atoms with Crippen LogP contribution in [0.5, 0.6) is 0 Å². The zero-order valence-corrected chi connectivity index (χ0v) is 10.0. The first-order valence-corrected chi connectivity index (χ1v) is 5.80. The molecule has 2 rings (SSSR count). The van der Waals surface area contributed by atoms with E-state index in [1.54, 1.807) is 18.3 Å². The Hall–Kier alpha value is -1.17. The fourth-order valence-electron chi connectivity index (χ4n) is 1.79. The molecule has 1 aliphatic heterocycles. The van der Waals surface area contributed by atoms with E-state index < -0.39 is 0 Å². The lowest BCUT2D eigenvalue weighted by molar-refractivity contribution is -0.119. The smallest absolute Gasteiger partial charge is 0.238 e. The summed E-state index contributed by atoms with van der Waals surface area (Å²) in [4.78, 5) is 17.5. The number of likely N-dealkylation sites (tertiary alicyclic amines) is 1. The molecule has 0 spiro atoms. The van der Waals surface area contributed by atoms with Crippen molar-refractivity contribution in [2.75, 3.05) is 31.6 Å². The lowest BCUT2D eigenvalue weighted by Gasteiger charge is -2.37. The lowest BCUT2D eigenvalue weighted by atomic mass is 10.0. The van der Waals surface area contributed by atoms with Gasteiger partial charge in [0.2, 0.25) is 5.91 Å². The van der Waals surface area contributed by atoms with Crippen LogP contribution < -0.4 is 5.32 Å². The van der Waals surface area contributed by atoms with Crippen LogP contribution in [0.3, 0.4) is 0 Å². The van der Waals surface area contributed by atoms with Crippen molar-refractivity contribution in [3.8, 4) is 0 Å². The SMILES string of the molecule is O=C(CN1CC(CO)C1)Nc1cccnc1Cl. The number of amides is 1. The van der Waals surface area contributed by atoms with E-state index in [9.17, 15) is 4.79 Å². The number of aliphatic hydroxyl groups excluding tert-OH is 1. The monoisotopic (exact) mass is 255 g/mol.